The average Bonchev–Trinajstić information content (AvgIpc) is 2.95. The number of rotatable bonds is 7. The first-order valence-electron chi connectivity index (χ1n) is 13.2. The van der Waals surface area contributed by atoms with Gasteiger partial charge in [-0.05, 0) is 55.5 Å². The number of piperidine rings is 2. The number of nitrogens with one attached hydrogen (secondary N) is 1. The second kappa shape index (κ2) is 11.5. The van der Waals surface area contributed by atoms with Gasteiger partial charge in [0, 0.05) is 50.9 Å². The average molecular weight is 516 g/mol. The number of para-hydroxylation sites is 1. The van der Waals surface area contributed by atoms with E-state index in [9.17, 15) is 14.4 Å². The first-order valence-corrected chi connectivity index (χ1v) is 13.2. The molecule has 0 spiro atoms. The van der Waals surface area contributed by atoms with Crippen LogP contribution < -0.4 is 20.4 Å². The van der Waals surface area contributed by atoms with E-state index in [0.29, 0.717) is 36.2 Å². The number of ether oxygens (including phenoxy) is 1. The van der Waals surface area contributed by atoms with Gasteiger partial charge in [-0.25, -0.2) is 0 Å². The lowest BCUT2D eigenvalue weighted by molar-refractivity contribution is -0.133. The normalized spacial score (nSPS) is 16.0. The number of anilines is 1. The van der Waals surface area contributed by atoms with Crippen molar-refractivity contribution in [3.63, 3.8) is 0 Å². The van der Waals surface area contributed by atoms with Gasteiger partial charge in [0.25, 0.3) is 5.91 Å². The molecular weight excluding hydrogens is 482 g/mol. The first kappa shape index (κ1) is 25.6. The van der Waals surface area contributed by atoms with Gasteiger partial charge >= 0.3 is 0 Å². The summed E-state index contributed by atoms with van der Waals surface area (Å²) >= 11 is 0. The van der Waals surface area contributed by atoms with E-state index in [2.05, 4.69) is 34.5 Å². The molecule has 3 heterocycles. The van der Waals surface area contributed by atoms with E-state index in [4.69, 9.17) is 9.15 Å². The molecule has 8 heteroatoms. The fourth-order valence-electron chi connectivity index (χ4n) is 5.18. The second-order valence-electron chi connectivity index (χ2n) is 9.80. The fraction of sp³-hybridized carbons (Fsp3) is 0.367. The van der Waals surface area contributed by atoms with E-state index in [1.165, 1.54) is 30.0 Å². The van der Waals surface area contributed by atoms with Gasteiger partial charge < -0.3 is 24.3 Å². The molecule has 2 aliphatic heterocycles. The van der Waals surface area contributed by atoms with Crippen molar-refractivity contribution >= 4 is 28.5 Å². The molecular formula is C30H33N3O5. The lowest BCUT2D eigenvalue weighted by Crippen LogP contribution is -2.36. The maximum atomic E-state index is 12.6. The highest BCUT2D eigenvalue weighted by Crippen LogP contribution is 2.28. The third-order valence-electron chi connectivity index (χ3n) is 7.33. The molecule has 0 unspecified atom stereocenters. The highest BCUT2D eigenvalue weighted by Gasteiger charge is 2.22. The van der Waals surface area contributed by atoms with Crippen molar-refractivity contribution in [2.24, 2.45) is 0 Å². The number of likely N-dealkylation sites (tertiary alicyclic amines) is 1. The molecule has 0 radical (unpaired) electrons. The van der Waals surface area contributed by atoms with Crippen LogP contribution in [0.1, 0.15) is 48.2 Å². The van der Waals surface area contributed by atoms with Crippen LogP contribution in [0.2, 0.25) is 0 Å². The predicted molar refractivity (Wildman–Crippen MR) is 147 cm³/mol. The Morgan fingerprint density at radius 1 is 1.03 bits per heavy atom. The number of fused-ring (bicyclic) bond motifs is 1. The Morgan fingerprint density at radius 2 is 1.84 bits per heavy atom. The fourth-order valence-corrected chi connectivity index (χ4v) is 5.18. The minimum atomic E-state index is -0.421. The SMILES string of the molecule is COc1ccc2oc(C(=O)NCC=C3CCN(c4ccccc4CN4CCCCC4=O)CC3)cc(=O)c2c1. The molecule has 2 aromatic carbocycles. The predicted octanol–water partition coefficient (Wildman–Crippen LogP) is 4.27. The quantitative estimate of drug-likeness (QED) is 0.473. The van der Waals surface area contributed by atoms with Crippen molar-refractivity contribution in [1.29, 1.82) is 0 Å². The molecule has 8 nitrogen and oxygen atoms in total. The van der Waals surface area contributed by atoms with Gasteiger partial charge in [-0.3, -0.25) is 14.4 Å². The van der Waals surface area contributed by atoms with Crippen LogP contribution in [0.15, 0.2) is 69.4 Å². The molecule has 2 saturated heterocycles. The third-order valence-corrected chi connectivity index (χ3v) is 7.33. The zero-order chi connectivity index (χ0) is 26.5. The molecule has 198 valence electrons. The van der Waals surface area contributed by atoms with Crippen LogP contribution in [-0.4, -0.2) is 50.0 Å². The van der Waals surface area contributed by atoms with Crippen LogP contribution in [0, 0.1) is 0 Å². The number of hydrogen-bond donors (Lipinski definition) is 1. The monoisotopic (exact) mass is 515 g/mol. The van der Waals surface area contributed by atoms with Crippen molar-refractivity contribution in [3.8, 4) is 5.75 Å². The molecule has 2 fully saturated rings. The Morgan fingerprint density at radius 3 is 2.63 bits per heavy atom. The van der Waals surface area contributed by atoms with E-state index >= 15 is 0 Å². The van der Waals surface area contributed by atoms with E-state index < -0.39 is 5.91 Å². The van der Waals surface area contributed by atoms with Gasteiger partial charge in [0.1, 0.15) is 11.3 Å². The summed E-state index contributed by atoms with van der Waals surface area (Å²) in [5, 5.41) is 3.21. The Kier molecular flexibility index (Phi) is 7.77. The van der Waals surface area contributed by atoms with Gasteiger partial charge in [0.2, 0.25) is 5.91 Å². The second-order valence-corrected chi connectivity index (χ2v) is 9.80. The van der Waals surface area contributed by atoms with Crippen LogP contribution >= 0.6 is 0 Å². The molecule has 1 aromatic heterocycles. The van der Waals surface area contributed by atoms with Gasteiger partial charge in [0.15, 0.2) is 11.2 Å². The standard InChI is InChI=1S/C30H33N3O5/c1-37-23-9-10-27-24(18-23)26(34)19-28(38-27)30(36)31-14-11-21-12-16-32(17-13-21)25-7-3-2-6-22(25)20-33-15-5-4-8-29(33)35/h2-3,6-7,9-11,18-19H,4-5,8,12-17,20H2,1H3,(H,31,36). The van der Waals surface area contributed by atoms with Gasteiger partial charge in [-0.15, -0.1) is 0 Å². The van der Waals surface area contributed by atoms with Crippen molar-refractivity contribution in [2.75, 3.05) is 38.2 Å². The third kappa shape index (κ3) is 5.74. The number of methoxy groups -OCH3 is 1. The summed E-state index contributed by atoms with van der Waals surface area (Å²) in [7, 11) is 1.53. The summed E-state index contributed by atoms with van der Waals surface area (Å²) in [5.74, 6) is 0.375. The summed E-state index contributed by atoms with van der Waals surface area (Å²) in [4.78, 5) is 41.8. The topological polar surface area (TPSA) is 92.1 Å². The van der Waals surface area contributed by atoms with E-state index in [1.54, 1.807) is 18.2 Å². The number of carbonyl (C=O) groups is 2. The zero-order valence-corrected chi connectivity index (χ0v) is 21.7. The summed E-state index contributed by atoms with van der Waals surface area (Å²) in [6.07, 6.45) is 6.57. The van der Waals surface area contributed by atoms with E-state index in [1.807, 2.05) is 11.0 Å². The van der Waals surface area contributed by atoms with Crippen LogP contribution in [0.5, 0.6) is 5.75 Å². The van der Waals surface area contributed by atoms with E-state index in [0.717, 1.165) is 45.3 Å². The van der Waals surface area contributed by atoms with Crippen molar-refractivity contribution in [3.05, 3.63) is 81.7 Å². The minimum absolute atomic E-state index is 0.00956. The number of carbonyl (C=O) groups excluding carboxylic acids is 2. The van der Waals surface area contributed by atoms with Gasteiger partial charge in [-0.1, -0.05) is 29.8 Å². The lowest BCUT2D eigenvalue weighted by Gasteiger charge is -2.34. The van der Waals surface area contributed by atoms with Crippen LogP contribution in [0.4, 0.5) is 5.69 Å². The van der Waals surface area contributed by atoms with Crippen molar-refractivity contribution < 1.29 is 18.7 Å². The molecule has 0 aliphatic carbocycles. The summed E-state index contributed by atoms with van der Waals surface area (Å²) in [6, 6.07) is 14.5. The van der Waals surface area contributed by atoms with Crippen LogP contribution in [0.3, 0.4) is 0 Å². The molecule has 5 rings (SSSR count). The Balaban J connectivity index is 1.17. The van der Waals surface area contributed by atoms with Crippen molar-refractivity contribution in [2.45, 2.75) is 38.6 Å². The Hall–Kier alpha value is -4.07. The summed E-state index contributed by atoms with van der Waals surface area (Å²) in [6.45, 7) is 3.63. The zero-order valence-electron chi connectivity index (χ0n) is 21.7. The van der Waals surface area contributed by atoms with Gasteiger partial charge in [-0.2, -0.15) is 0 Å². The van der Waals surface area contributed by atoms with Crippen molar-refractivity contribution in [1.82, 2.24) is 10.2 Å². The molecule has 1 N–H and O–H groups in total. The molecule has 3 aromatic rings. The number of nitrogens with zero attached hydrogens (tertiary/aromatic N) is 2. The maximum absolute atomic E-state index is 12.6. The largest absolute Gasteiger partial charge is 0.497 e. The first-order chi connectivity index (χ1) is 18.5. The molecule has 0 bridgehead atoms. The molecule has 2 amide bonds. The van der Waals surface area contributed by atoms with Gasteiger partial charge in [0.05, 0.1) is 12.5 Å². The highest BCUT2D eigenvalue weighted by atomic mass is 16.5. The summed E-state index contributed by atoms with van der Waals surface area (Å²) in [5.41, 5.74) is 3.74. The minimum Gasteiger partial charge on any atom is -0.497 e. The molecule has 38 heavy (non-hydrogen) atoms. The number of benzene rings is 2. The highest BCUT2D eigenvalue weighted by molar-refractivity contribution is 5.93. The Bertz CT molecular complexity index is 1420. The molecule has 2 aliphatic rings. The summed E-state index contributed by atoms with van der Waals surface area (Å²) < 4.78 is 10.8. The van der Waals surface area contributed by atoms with E-state index in [-0.39, 0.29) is 17.1 Å². The molecule has 0 atom stereocenters. The smallest absolute Gasteiger partial charge is 0.287 e. The Labute approximate surface area is 221 Å². The molecule has 0 saturated carbocycles. The van der Waals surface area contributed by atoms with Crippen LogP contribution in [-0.2, 0) is 11.3 Å². The maximum Gasteiger partial charge on any atom is 0.287 e. The lowest BCUT2D eigenvalue weighted by atomic mass is 10.0. The number of hydrogen-bond acceptors (Lipinski definition) is 6. The van der Waals surface area contributed by atoms with Crippen LogP contribution in [0.25, 0.3) is 11.0 Å². The number of amides is 2.